The molecule has 2 rings (SSSR count). The number of nitrogens with one attached hydrogen (secondary N) is 1. The van der Waals surface area contributed by atoms with Crippen LogP contribution < -0.4 is 4.72 Å². The van der Waals surface area contributed by atoms with Crippen LogP contribution in [0.4, 0.5) is 0 Å². The molecule has 2 N–H and O–H groups in total. The monoisotopic (exact) mass is 309 g/mol. The van der Waals surface area contributed by atoms with Crippen LogP contribution in [0, 0.1) is 13.8 Å². The van der Waals surface area contributed by atoms with E-state index in [9.17, 15) is 13.5 Å². The Morgan fingerprint density at radius 2 is 2.00 bits per heavy atom. The number of hydrogen-bond donors (Lipinski definition) is 2. The third-order valence-electron chi connectivity index (χ3n) is 3.29. The second kappa shape index (κ2) is 5.63. The van der Waals surface area contributed by atoms with Crippen molar-refractivity contribution in [1.29, 1.82) is 0 Å². The van der Waals surface area contributed by atoms with E-state index in [4.69, 9.17) is 4.42 Å². The number of rotatable bonds is 5. The van der Waals surface area contributed by atoms with E-state index in [-0.39, 0.29) is 11.4 Å². The molecule has 1 heterocycles. The Bertz CT molecular complexity index is 718. The van der Waals surface area contributed by atoms with Crippen molar-refractivity contribution in [3.05, 3.63) is 53.5 Å². The van der Waals surface area contributed by atoms with Gasteiger partial charge in [-0.15, -0.1) is 0 Å². The molecule has 0 aliphatic carbocycles. The number of hydrogen-bond acceptors (Lipinski definition) is 4. The smallest absolute Gasteiger partial charge is 0.240 e. The first kappa shape index (κ1) is 15.8. The van der Waals surface area contributed by atoms with Crippen molar-refractivity contribution in [2.45, 2.75) is 31.3 Å². The van der Waals surface area contributed by atoms with Crippen LogP contribution in [-0.2, 0) is 15.6 Å². The molecule has 5 nitrogen and oxygen atoms in total. The average Bonchev–Trinajstić information content (AvgIpc) is 2.94. The Labute approximate surface area is 124 Å². The molecule has 0 amide bonds. The molecule has 6 heteroatoms. The molecule has 21 heavy (non-hydrogen) atoms. The van der Waals surface area contributed by atoms with E-state index < -0.39 is 15.6 Å². The van der Waals surface area contributed by atoms with Crippen molar-refractivity contribution in [2.24, 2.45) is 0 Å². The van der Waals surface area contributed by atoms with E-state index in [2.05, 4.69) is 4.72 Å². The zero-order chi connectivity index (χ0) is 15.7. The van der Waals surface area contributed by atoms with Gasteiger partial charge in [-0.3, -0.25) is 0 Å². The molecule has 1 aromatic heterocycles. The Balaban J connectivity index is 2.21. The highest BCUT2D eigenvalue weighted by molar-refractivity contribution is 7.89. The van der Waals surface area contributed by atoms with E-state index in [0.29, 0.717) is 11.3 Å². The molecule has 0 saturated carbocycles. The molecule has 0 radical (unpaired) electrons. The molecule has 0 saturated heterocycles. The van der Waals surface area contributed by atoms with Gasteiger partial charge < -0.3 is 9.52 Å². The fourth-order valence-electron chi connectivity index (χ4n) is 1.98. The normalized spacial score (nSPS) is 14.9. The number of aliphatic hydroxyl groups is 1. The summed E-state index contributed by atoms with van der Waals surface area (Å²) in [4.78, 5) is 0.220. The van der Waals surface area contributed by atoms with Crippen LogP contribution in [0.5, 0.6) is 0 Å². The van der Waals surface area contributed by atoms with Gasteiger partial charge in [-0.2, -0.15) is 0 Å². The van der Waals surface area contributed by atoms with Crippen LogP contribution in [0.3, 0.4) is 0 Å². The molecule has 0 fully saturated rings. The van der Waals surface area contributed by atoms with Crippen LogP contribution in [0.2, 0.25) is 0 Å². The lowest BCUT2D eigenvalue weighted by molar-refractivity contribution is 0.0395. The molecule has 0 spiro atoms. The topological polar surface area (TPSA) is 79.5 Å². The van der Waals surface area contributed by atoms with E-state index in [1.54, 1.807) is 31.2 Å². The lowest BCUT2D eigenvalue weighted by Crippen LogP contribution is -2.38. The number of benzene rings is 1. The van der Waals surface area contributed by atoms with Gasteiger partial charge in [0.25, 0.3) is 0 Å². The highest BCUT2D eigenvalue weighted by Crippen LogP contribution is 2.22. The summed E-state index contributed by atoms with van der Waals surface area (Å²) in [5, 5.41) is 10.3. The van der Waals surface area contributed by atoms with Crippen molar-refractivity contribution in [3.63, 3.8) is 0 Å². The maximum Gasteiger partial charge on any atom is 0.240 e. The fraction of sp³-hybridized carbons (Fsp3) is 0.333. The van der Waals surface area contributed by atoms with Crippen LogP contribution in [0.1, 0.15) is 23.8 Å². The summed E-state index contributed by atoms with van der Waals surface area (Å²) in [5.74, 6) is 0.311. The quantitative estimate of drug-likeness (QED) is 0.886. The minimum Gasteiger partial charge on any atom is -0.466 e. The highest BCUT2D eigenvalue weighted by Gasteiger charge is 2.29. The number of furan rings is 1. The van der Waals surface area contributed by atoms with Crippen LogP contribution in [0.25, 0.3) is 0 Å². The molecule has 1 unspecified atom stereocenters. The van der Waals surface area contributed by atoms with Gasteiger partial charge in [0.05, 0.1) is 11.2 Å². The lowest BCUT2D eigenvalue weighted by Gasteiger charge is -2.21. The third-order valence-corrected chi connectivity index (χ3v) is 4.83. The summed E-state index contributed by atoms with van der Waals surface area (Å²) >= 11 is 0. The first-order chi connectivity index (χ1) is 9.72. The minimum atomic E-state index is -3.69. The van der Waals surface area contributed by atoms with E-state index in [0.717, 1.165) is 5.56 Å². The Kier molecular flexibility index (Phi) is 4.22. The van der Waals surface area contributed by atoms with E-state index >= 15 is 0 Å². The Morgan fingerprint density at radius 3 is 2.62 bits per heavy atom. The standard InChI is InChI=1S/C15H19NO4S/c1-11-6-7-12(2)13(9-11)21(18,19)16-10-15(3,17)14-5-4-8-20-14/h4-9,16-17H,10H2,1-3H3. The molecule has 2 aromatic rings. The summed E-state index contributed by atoms with van der Waals surface area (Å²) < 4.78 is 32.3. The van der Waals surface area contributed by atoms with Crippen molar-refractivity contribution >= 4 is 10.0 Å². The van der Waals surface area contributed by atoms with Crippen molar-refractivity contribution in [1.82, 2.24) is 4.72 Å². The number of sulfonamides is 1. The van der Waals surface area contributed by atoms with Gasteiger partial charge in [0, 0.05) is 6.54 Å². The van der Waals surface area contributed by atoms with Crippen molar-refractivity contribution in [3.8, 4) is 0 Å². The molecular formula is C15H19NO4S. The minimum absolute atomic E-state index is 0.170. The van der Waals surface area contributed by atoms with Gasteiger partial charge >= 0.3 is 0 Å². The summed E-state index contributed by atoms with van der Waals surface area (Å²) in [6, 6.07) is 8.47. The van der Waals surface area contributed by atoms with Gasteiger partial charge in [-0.05, 0) is 50.1 Å². The second-order valence-corrected chi connectivity index (χ2v) is 7.08. The first-order valence-electron chi connectivity index (χ1n) is 6.56. The molecular weight excluding hydrogens is 290 g/mol. The highest BCUT2D eigenvalue weighted by atomic mass is 32.2. The molecule has 0 aliphatic rings. The molecule has 0 aliphatic heterocycles. The van der Waals surface area contributed by atoms with Gasteiger partial charge in [-0.25, -0.2) is 13.1 Å². The zero-order valence-electron chi connectivity index (χ0n) is 12.3. The van der Waals surface area contributed by atoms with Gasteiger partial charge in [0.1, 0.15) is 11.4 Å². The van der Waals surface area contributed by atoms with Crippen molar-refractivity contribution < 1.29 is 17.9 Å². The van der Waals surface area contributed by atoms with Crippen LogP contribution >= 0.6 is 0 Å². The lowest BCUT2D eigenvalue weighted by atomic mass is 10.1. The summed E-state index contributed by atoms with van der Waals surface area (Å²) in [7, 11) is -3.69. The molecule has 114 valence electrons. The van der Waals surface area contributed by atoms with Gasteiger partial charge in [-0.1, -0.05) is 12.1 Å². The van der Waals surface area contributed by atoms with E-state index in [1.807, 2.05) is 13.0 Å². The molecule has 0 bridgehead atoms. The second-order valence-electron chi connectivity index (χ2n) is 5.34. The first-order valence-corrected chi connectivity index (χ1v) is 8.04. The third kappa shape index (κ3) is 3.53. The average molecular weight is 309 g/mol. The predicted molar refractivity (Wildman–Crippen MR) is 79.4 cm³/mol. The van der Waals surface area contributed by atoms with Crippen LogP contribution in [-0.4, -0.2) is 20.1 Å². The molecule has 1 aromatic carbocycles. The zero-order valence-corrected chi connectivity index (χ0v) is 13.1. The van der Waals surface area contributed by atoms with Gasteiger partial charge in [0.2, 0.25) is 10.0 Å². The van der Waals surface area contributed by atoms with Crippen molar-refractivity contribution in [2.75, 3.05) is 6.54 Å². The Morgan fingerprint density at radius 1 is 1.29 bits per heavy atom. The van der Waals surface area contributed by atoms with E-state index in [1.165, 1.54) is 13.2 Å². The summed E-state index contributed by atoms with van der Waals surface area (Å²) in [5.41, 5.74) is 0.110. The predicted octanol–water partition coefficient (Wildman–Crippen LogP) is 2.08. The van der Waals surface area contributed by atoms with Crippen LogP contribution in [0.15, 0.2) is 45.9 Å². The largest absolute Gasteiger partial charge is 0.466 e. The number of aryl methyl sites for hydroxylation is 2. The molecule has 1 atom stereocenters. The Hall–Kier alpha value is -1.63. The fourth-order valence-corrected chi connectivity index (χ4v) is 3.44. The maximum atomic E-state index is 12.4. The summed E-state index contributed by atoms with van der Waals surface area (Å²) in [6.07, 6.45) is 1.43. The van der Waals surface area contributed by atoms with Gasteiger partial charge in [0.15, 0.2) is 0 Å². The summed E-state index contributed by atoms with van der Waals surface area (Å²) in [6.45, 7) is 4.89. The SMILES string of the molecule is Cc1ccc(C)c(S(=O)(=O)NCC(C)(O)c2ccco2)c1. The maximum absolute atomic E-state index is 12.4.